The second-order valence-electron chi connectivity index (χ2n) is 4.33. The number of benzene rings is 1. The van der Waals surface area contributed by atoms with Crippen LogP contribution in [0.3, 0.4) is 0 Å². The van der Waals surface area contributed by atoms with Gasteiger partial charge in [-0.25, -0.2) is 0 Å². The Morgan fingerprint density at radius 2 is 1.74 bits per heavy atom. The number of halogens is 3. The summed E-state index contributed by atoms with van der Waals surface area (Å²) in [5.41, 5.74) is -0.512. The van der Waals surface area contributed by atoms with Gasteiger partial charge in [0.15, 0.2) is 0 Å². The van der Waals surface area contributed by atoms with Crippen LogP contribution in [0.4, 0.5) is 18.9 Å². The summed E-state index contributed by atoms with van der Waals surface area (Å²) in [6.45, 7) is 5.56. The van der Waals surface area contributed by atoms with Gasteiger partial charge in [-0.3, -0.25) is 0 Å². The highest BCUT2D eigenvalue weighted by atomic mass is 19.4. The number of rotatable bonds is 5. The monoisotopic (exact) mass is 270 g/mol. The molecule has 0 bridgehead atoms. The maximum absolute atomic E-state index is 12.7. The molecule has 2 nitrogen and oxygen atoms in total. The second-order valence-corrected chi connectivity index (χ2v) is 4.33. The highest BCUT2D eigenvalue weighted by Gasteiger charge is 2.33. The zero-order chi connectivity index (χ0) is 14.5. The van der Waals surface area contributed by atoms with Crippen LogP contribution in [0.15, 0.2) is 18.2 Å². The average Bonchev–Trinajstić information content (AvgIpc) is 2.36. The molecule has 104 valence electrons. The van der Waals surface area contributed by atoms with Crippen molar-refractivity contribution in [3.63, 3.8) is 0 Å². The number of nitriles is 1. The lowest BCUT2D eigenvalue weighted by Crippen LogP contribution is -2.25. The Bertz CT molecular complexity index is 455. The van der Waals surface area contributed by atoms with E-state index >= 15 is 0 Å². The highest BCUT2D eigenvalue weighted by molar-refractivity contribution is 5.55. The molecule has 1 rings (SSSR count). The van der Waals surface area contributed by atoms with Crippen molar-refractivity contribution < 1.29 is 13.2 Å². The molecular formula is C14H17F3N2. The third-order valence-electron chi connectivity index (χ3n) is 2.78. The molecule has 0 radical (unpaired) electrons. The maximum Gasteiger partial charge on any atom is 0.417 e. The fraction of sp³-hybridized carbons (Fsp3) is 0.500. The van der Waals surface area contributed by atoms with Crippen molar-refractivity contribution >= 4 is 5.69 Å². The summed E-state index contributed by atoms with van der Waals surface area (Å²) in [5, 5.41) is 8.88. The van der Waals surface area contributed by atoms with Gasteiger partial charge in [0, 0.05) is 18.8 Å². The lowest BCUT2D eigenvalue weighted by Gasteiger charge is -2.24. The lowest BCUT2D eigenvalue weighted by atomic mass is 10.1. The number of hydrogen-bond donors (Lipinski definition) is 0. The lowest BCUT2D eigenvalue weighted by molar-refractivity contribution is -0.137. The third-order valence-corrected chi connectivity index (χ3v) is 2.78. The predicted octanol–water partition coefficient (Wildman–Crippen LogP) is 4.20. The molecule has 0 fully saturated rings. The van der Waals surface area contributed by atoms with Gasteiger partial charge >= 0.3 is 6.18 Å². The molecule has 0 spiro atoms. The van der Waals surface area contributed by atoms with Crippen LogP contribution < -0.4 is 4.90 Å². The van der Waals surface area contributed by atoms with Gasteiger partial charge in [-0.1, -0.05) is 13.8 Å². The van der Waals surface area contributed by atoms with Crippen molar-refractivity contribution in [1.82, 2.24) is 0 Å². The van der Waals surface area contributed by atoms with E-state index in [2.05, 4.69) is 0 Å². The smallest absolute Gasteiger partial charge is 0.372 e. The van der Waals surface area contributed by atoms with E-state index in [-0.39, 0.29) is 5.56 Å². The van der Waals surface area contributed by atoms with E-state index in [0.29, 0.717) is 5.69 Å². The van der Waals surface area contributed by atoms with E-state index < -0.39 is 11.7 Å². The fourth-order valence-electron chi connectivity index (χ4n) is 1.98. The summed E-state index contributed by atoms with van der Waals surface area (Å²) < 4.78 is 38.1. The summed E-state index contributed by atoms with van der Waals surface area (Å²) >= 11 is 0. The van der Waals surface area contributed by atoms with Crippen LogP contribution in [0.5, 0.6) is 0 Å². The average molecular weight is 270 g/mol. The minimum Gasteiger partial charge on any atom is -0.372 e. The van der Waals surface area contributed by atoms with E-state index in [1.54, 1.807) is 6.07 Å². The van der Waals surface area contributed by atoms with Crippen LogP contribution in [-0.2, 0) is 6.18 Å². The Labute approximate surface area is 111 Å². The van der Waals surface area contributed by atoms with Crippen LogP contribution >= 0.6 is 0 Å². The van der Waals surface area contributed by atoms with Crippen LogP contribution in [0.1, 0.15) is 37.8 Å². The van der Waals surface area contributed by atoms with Crippen molar-refractivity contribution in [2.24, 2.45) is 0 Å². The Kier molecular flexibility index (Phi) is 5.22. The molecule has 19 heavy (non-hydrogen) atoms. The van der Waals surface area contributed by atoms with Crippen LogP contribution in [0.2, 0.25) is 0 Å². The minimum absolute atomic E-state index is 0.317. The van der Waals surface area contributed by atoms with Gasteiger partial charge in [0.1, 0.15) is 0 Å². The maximum atomic E-state index is 12.7. The minimum atomic E-state index is -4.48. The zero-order valence-electron chi connectivity index (χ0n) is 11.1. The van der Waals surface area contributed by atoms with E-state index in [1.165, 1.54) is 12.1 Å². The quantitative estimate of drug-likeness (QED) is 0.801. The molecule has 0 aliphatic carbocycles. The van der Waals surface area contributed by atoms with Crippen molar-refractivity contribution in [2.45, 2.75) is 32.9 Å². The molecule has 0 aromatic heterocycles. The first-order chi connectivity index (χ1) is 8.93. The topological polar surface area (TPSA) is 27.0 Å². The van der Waals surface area contributed by atoms with Gasteiger partial charge in [-0.15, -0.1) is 0 Å². The Morgan fingerprint density at radius 1 is 1.16 bits per heavy atom. The van der Waals surface area contributed by atoms with E-state index in [9.17, 15) is 13.2 Å². The first-order valence-corrected chi connectivity index (χ1v) is 6.30. The molecule has 0 aliphatic rings. The molecule has 0 saturated heterocycles. The molecule has 0 heterocycles. The molecule has 0 aliphatic heterocycles. The van der Waals surface area contributed by atoms with Crippen molar-refractivity contribution in [1.29, 1.82) is 5.26 Å². The van der Waals surface area contributed by atoms with Gasteiger partial charge in [0.25, 0.3) is 0 Å². The number of hydrogen-bond acceptors (Lipinski definition) is 2. The molecular weight excluding hydrogens is 253 g/mol. The summed E-state index contributed by atoms with van der Waals surface area (Å²) in [6.07, 6.45) is -2.67. The van der Waals surface area contributed by atoms with Gasteiger partial charge in [0.05, 0.1) is 17.2 Å². The molecule has 0 atom stereocenters. The van der Waals surface area contributed by atoms with Crippen molar-refractivity contribution in [2.75, 3.05) is 18.0 Å². The zero-order valence-corrected chi connectivity index (χ0v) is 11.1. The molecule has 0 N–H and O–H groups in total. The van der Waals surface area contributed by atoms with Crippen molar-refractivity contribution in [3.05, 3.63) is 29.3 Å². The van der Waals surface area contributed by atoms with Gasteiger partial charge < -0.3 is 4.90 Å². The summed E-state index contributed by atoms with van der Waals surface area (Å²) in [5.74, 6) is 0. The Hall–Kier alpha value is -1.70. The highest BCUT2D eigenvalue weighted by Crippen LogP contribution is 2.33. The molecule has 5 heteroatoms. The third kappa shape index (κ3) is 3.88. The van der Waals surface area contributed by atoms with Gasteiger partial charge in [-0.2, -0.15) is 18.4 Å². The Balaban J connectivity index is 3.15. The number of nitrogens with zero attached hydrogens (tertiary/aromatic N) is 2. The standard InChI is InChI=1S/C14H17F3N2/c1-3-7-19(8-4-2)12-5-6-13(14(15,16)17)11(9-12)10-18/h5-6,9H,3-4,7-8H2,1-2H3. The van der Waals surface area contributed by atoms with Crippen LogP contribution in [0.25, 0.3) is 0 Å². The largest absolute Gasteiger partial charge is 0.417 e. The normalized spacial score (nSPS) is 11.2. The first-order valence-electron chi connectivity index (χ1n) is 6.30. The molecule has 0 unspecified atom stereocenters. The number of anilines is 1. The van der Waals surface area contributed by atoms with E-state index in [4.69, 9.17) is 5.26 Å². The SMILES string of the molecule is CCCN(CCC)c1ccc(C(F)(F)F)c(C#N)c1. The van der Waals surface area contributed by atoms with E-state index in [0.717, 1.165) is 32.0 Å². The van der Waals surface area contributed by atoms with Crippen molar-refractivity contribution in [3.8, 4) is 6.07 Å². The predicted molar refractivity (Wildman–Crippen MR) is 69.0 cm³/mol. The van der Waals surface area contributed by atoms with Gasteiger partial charge in [0.2, 0.25) is 0 Å². The molecule has 0 amide bonds. The van der Waals surface area contributed by atoms with Gasteiger partial charge in [-0.05, 0) is 31.0 Å². The molecule has 1 aromatic carbocycles. The summed E-state index contributed by atoms with van der Waals surface area (Å²) in [7, 11) is 0. The summed E-state index contributed by atoms with van der Waals surface area (Å²) in [6, 6.07) is 5.39. The first kappa shape index (κ1) is 15.4. The number of alkyl halides is 3. The van der Waals surface area contributed by atoms with Crippen LogP contribution in [0, 0.1) is 11.3 Å². The van der Waals surface area contributed by atoms with Crippen LogP contribution in [-0.4, -0.2) is 13.1 Å². The fourth-order valence-corrected chi connectivity index (χ4v) is 1.98. The Morgan fingerprint density at radius 3 is 2.16 bits per heavy atom. The molecule has 0 saturated carbocycles. The molecule has 1 aromatic rings. The second kappa shape index (κ2) is 6.46. The summed E-state index contributed by atoms with van der Waals surface area (Å²) in [4.78, 5) is 2.00. The van der Waals surface area contributed by atoms with E-state index in [1.807, 2.05) is 18.7 Å².